The molecule has 3 amide bonds. The molecular weight excluding hydrogens is 488 g/mol. The van der Waals surface area contributed by atoms with Crippen molar-refractivity contribution in [2.45, 2.75) is 25.1 Å². The van der Waals surface area contributed by atoms with Crippen molar-refractivity contribution in [1.29, 1.82) is 0 Å². The molecule has 34 heavy (non-hydrogen) atoms. The number of carboxylic acids is 1. The van der Waals surface area contributed by atoms with Crippen molar-refractivity contribution in [3.63, 3.8) is 0 Å². The number of urea groups is 1. The Hall–Kier alpha value is -3.51. The van der Waals surface area contributed by atoms with Crippen molar-refractivity contribution in [2.24, 2.45) is 0 Å². The first kappa shape index (κ1) is 26.7. The molecule has 0 radical (unpaired) electrons. The molecule has 0 bridgehead atoms. The van der Waals surface area contributed by atoms with Crippen LogP contribution in [-0.2, 0) is 19.6 Å². The van der Waals surface area contributed by atoms with E-state index in [1.54, 1.807) is 6.08 Å². The summed E-state index contributed by atoms with van der Waals surface area (Å²) in [6.07, 6.45) is -1.65. The lowest BCUT2D eigenvalue weighted by Crippen LogP contribution is -2.52. The second kappa shape index (κ2) is 10.2. The lowest BCUT2D eigenvalue weighted by Gasteiger charge is -2.28. The van der Waals surface area contributed by atoms with Gasteiger partial charge in [0.15, 0.2) is 0 Å². The molecule has 2 aliphatic heterocycles. The zero-order valence-corrected chi connectivity index (χ0v) is 18.3. The van der Waals surface area contributed by atoms with E-state index in [2.05, 4.69) is 22.1 Å². The van der Waals surface area contributed by atoms with E-state index in [1.165, 1.54) is 29.6 Å². The van der Waals surface area contributed by atoms with Gasteiger partial charge in [-0.15, -0.1) is 0 Å². The summed E-state index contributed by atoms with van der Waals surface area (Å²) in [5.74, 6) is 1.26. The summed E-state index contributed by atoms with van der Waals surface area (Å²) >= 11 is 0. The van der Waals surface area contributed by atoms with Crippen molar-refractivity contribution in [3.8, 4) is 11.8 Å². The third-order valence-corrected chi connectivity index (χ3v) is 6.55. The number of aromatic nitrogens is 1. The number of aliphatic carboxylic acids is 1. The number of hydrogen-bond donors (Lipinski definition) is 3. The largest absolute Gasteiger partial charge is 0.490 e. The molecule has 3 N–H and O–H groups in total. The molecule has 15 heteroatoms. The lowest BCUT2D eigenvalue weighted by atomic mass is 10.1. The Labute approximate surface area is 191 Å². The molecule has 1 saturated heterocycles. The van der Waals surface area contributed by atoms with Gasteiger partial charge >= 0.3 is 18.2 Å². The summed E-state index contributed by atoms with van der Waals surface area (Å²) in [6, 6.07) is 2.02. The number of nitrogens with zero attached hydrogens (tertiary/aromatic N) is 2. The molecule has 3 rings (SSSR count). The molecular formula is C19H18F4N4O6S. The van der Waals surface area contributed by atoms with E-state index in [1.807, 2.05) is 5.32 Å². The van der Waals surface area contributed by atoms with Gasteiger partial charge in [-0.3, -0.25) is 10.1 Å². The Morgan fingerprint density at radius 1 is 1.29 bits per heavy atom. The SMILES string of the molecule is C[C@]1(CS(=O)(=O)N2CC=C(C#Cc3ccc(F)nc3)CC2)NC(=O)NC1=O.O=C(O)C(F)(F)F. The number of sulfonamides is 1. The maximum Gasteiger partial charge on any atom is 0.490 e. The van der Waals surface area contributed by atoms with Crippen LogP contribution in [0.3, 0.4) is 0 Å². The number of carbonyl (C=O) groups is 3. The van der Waals surface area contributed by atoms with Crippen LogP contribution in [0.1, 0.15) is 18.9 Å². The van der Waals surface area contributed by atoms with Crippen LogP contribution in [0.5, 0.6) is 0 Å². The predicted octanol–water partition coefficient (Wildman–Crippen LogP) is 0.766. The monoisotopic (exact) mass is 506 g/mol. The van der Waals surface area contributed by atoms with Crippen LogP contribution in [-0.4, -0.2) is 71.3 Å². The molecule has 10 nitrogen and oxygen atoms in total. The summed E-state index contributed by atoms with van der Waals surface area (Å²) in [4.78, 5) is 35.5. The molecule has 1 aromatic rings. The minimum atomic E-state index is -5.08. The van der Waals surface area contributed by atoms with Crippen molar-refractivity contribution in [3.05, 3.63) is 41.5 Å². The average molecular weight is 506 g/mol. The molecule has 0 spiro atoms. The number of rotatable bonds is 3. The van der Waals surface area contributed by atoms with Gasteiger partial charge in [0.2, 0.25) is 16.0 Å². The molecule has 1 atom stereocenters. The van der Waals surface area contributed by atoms with E-state index < -0.39 is 51.3 Å². The van der Waals surface area contributed by atoms with Crippen LogP contribution in [0.4, 0.5) is 22.4 Å². The molecule has 1 fully saturated rings. The van der Waals surface area contributed by atoms with E-state index in [0.717, 1.165) is 5.57 Å². The number of amides is 3. The Morgan fingerprint density at radius 3 is 2.38 bits per heavy atom. The van der Waals surface area contributed by atoms with Crippen LogP contribution in [0, 0.1) is 17.8 Å². The summed E-state index contributed by atoms with van der Waals surface area (Å²) in [6.45, 7) is 1.72. The highest BCUT2D eigenvalue weighted by Crippen LogP contribution is 2.19. The number of nitrogens with one attached hydrogen (secondary N) is 2. The Balaban J connectivity index is 0.000000509. The summed E-state index contributed by atoms with van der Waals surface area (Å²) in [5, 5.41) is 11.5. The van der Waals surface area contributed by atoms with Crippen LogP contribution >= 0.6 is 0 Å². The van der Waals surface area contributed by atoms with Crippen molar-refractivity contribution >= 4 is 27.9 Å². The fourth-order valence-electron chi connectivity index (χ4n) is 2.76. The third-order valence-electron chi connectivity index (χ3n) is 4.49. The first-order valence-electron chi connectivity index (χ1n) is 9.36. The molecule has 3 heterocycles. The number of halogens is 4. The number of pyridine rings is 1. The van der Waals surface area contributed by atoms with Gasteiger partial charge in [0, 0.05) is 30.4 Å². The topological polar surface area (TPSA) is 146 Å². The van der Waals surface area contributed by atoms with Crippen LogP contribution < -0.4 is 10.6 Å². The molecule has 0 unspecified atom stereocenters. The van der Waals surface area contributed by atoms with Gasteiger partial charge in [0.1, 0.15) is 5.54 Å². The lowest BCUT2D eigenvalue weighted by molar-refractivity contribution is -0.192. The standard InChI is InChI=1S/C17H17FN4O4S.C2HF3O2/c1-17(15(23)20-16(24)21-17)11-27(25,26)22-8-6-12(7-9-22)2-3-13-4-5-14(18)19-10-13;3-2(4,5)1(6)7/h4-6,10H,7-9,11H2,1H3,(H2,20,21,23,24);(H,6,7)/t17-;/m1./s1. The highest BCUT2D eigenvalue weighted by Gasteiger charge is 2.46. The maximum absolute atomic E-state index is 12.8. The number of carbonyl (C=O) groups excluding carboxylic acids is 2. The van der Waals surface area contributed by atoms with Gasteiger partial charge in [-0.1, -0.05) is 17.9 Å². The minimum Gasteiger partial charge on any atom is -0.475 e. The van der Waals surface area contributed by atoms with Crippen molar-refractivity contribution in [1.82, 2.24) is 19.9 Å². The molecule has 1 aromatic heterocycles. The first-order chi connectivity index (χ1) is 15.6. The quantitative estimate of drug-likeness (QED) is 0.238. The average Bonchev–Trinajstić information content (AvgIpc) is 2.98. The highest BCUT2D eigenvalue weighted by molar-refractivity contribution is 7.89. The highest BCUT2D eigenvalue weighted by atomic mass is 32.2. The number of hydrogen-bond acceptors (Lipinski definition) is 6. The molecule has 2 aliphatic rings. The van der Waals surface area contributed by atoms with Gasteiger partial charge < -0.3 is 10.4 Å². The third kappa shape index (κ3) is 7.25. The zero-order chi connectivity index (χ0) is 25.7. The van der Waals surface area contributed by atoms with E-state index >= 15 is 0 Å². The predicted molar refractivity (Wildman–Crippen MR) is 108 cm³/mol. The number of alkyl halides is 3. The fourth-order valence-corrected chi connectivity index (χ4v) is 4.54. The van der Waals surface area contributed by atoms with E-state index in [4.69, 9.17) is 9.90 Å². The molecule has 184 valence electrons. The normalized spacial score (nSPS) is 20.7. The maximum atomic E-state index is 12.8. The van der Waals surface area contributed by atoms with Gasteiger partial charge in [-0.05, 0) is 25.5 Å². The summed E-state index contributed by atoms with van der Waals surface area (Å²) in [5.41, 5.74) is -0.165. The smallest absolute Gasteiger partial charge is 0.475 e. The van der Waals surface area contributed by atoms with Gasteiger partial charge in [0.05, 0.1) is 5.75 Å². The van der Waals surface area contributed by atoms with E-state index in [-0.39, 0.29) is 13.1 Å². The molecule has 0 aromatic carbocycles. The van der Waals surface area contributed by atoms with Gasteiger partial charge in [-0.2, -0.15) is 21.9 Å². The van der Waals surface area contributed by atoms with Gasteiger partial charge in [-0.25, -0.2) is 23.0 Å². The number of carboxylic acid groups (broad SMARTS) is 1. The van der Waals surface area contributed by atoms with E-state index in [9.17, 15) is 35.6 Å². The summed E-state index contributed by atoms with van der Waals surface area (Å²) < 4.78 is 71.0. The Bertz CT molecular complexity index is 1170. The first-order valence-corrected chi connectivity index (χ1v) is 11.0. The van der Waals surface area contributed by atoms with Crippen molar-refractivity contribution in [2.75, 3.05) is 18.8 Å². The van der Waals surface area contributed by atoms with Crippen LogP contribution in [0.2, 0.25) is 0 Å². The minimum absolute atomic E-state index is 0.125. The number of imide groups is 1. The van der Waals surface area contributed by atoms with Crippen LogP contribution in [0.25, 0.3) is 0 Å². The van der Waals surface area contributed by atoms with Crippen molar-refractivity contribution < 1.29 is 45.5 Å². The summed E-state index contributed by atoms with van der Waals surface area (Å²) in [7, 11) is -3.76. The molecule has 0 aliphatic carbocycles. The molecule has 0 saturated carbocycles. The fraction of sp³-hybridized carbons (Fsp3) is 0.368. The Morgan fingerprint density at radius 2 is 1.94 bits per heavy atom. The zero-order valence-electron chi connectivity index (χ0n) is 17.4. The van der Waals surface area contributed by atoms with E-state index in [0.29, 0.717) is 12.0 Å². The Kier molecular flexibility index (Phi) is 8.01. The second-order valence-electron chi connectivity index (χ2n) is 7.26. The van der Waals surface area contributed by atoms with Gasteiger partial charge in [0.25, 0.3) is 5.91 Å². The van der Waals surface area contributed by atoms with Crippen LogP contribution in [0.15, 0.2) is 30.0 Å². The second-order valence-corrected chi connectivity index (χ2v) is 9.23.